The van der Waals surface area contributed by atoms with Crippen LogP contribution in [0.3, 0.4) is 0 Å². The minimum absolute atomic E-state index is 0.0567. The van der Waals surface area contributed by atoms with Crippen molar-refractivity contribution in [3.8, 4) is 0 Å². The van der Waals surface area contributed by atoms with Gasteiger partial charge < -0.3 is 5.11 Å². The summed E-state index contributed by atoms with van der Waals surface area (Å²) in [5.41, 5.74) is 0. The molecule has 3 heteroatoms. The molecule has 1 rings (SSSR count). The summed E-state index contributed by atoms with van der Waals surface area (Å²) in [5.74, 6) is 5.45. The van der Waals surface area contributed by atoms with Gasteiger partial charge in [0.2, 0.25) is 0 Å². The van der Waals surface area contributed by atoms with Crippen LogP contribution in [0.25, 0.3) is 0 Å². The third kappa shape index (κ3) is 1.41. The molecule has 1 aliphatic carbocycles. The predicted octanol–water partition coefficient (Wildman–Crippen LogP) is 0.0377. The van der Waals surface area contributed by atoms with Gasteiger partial charge in [0.1, 0.15) is 6.10 Å². The van der Waals surface area contributed by atoms with Crippen LogP contribution in [-0.4, -0.2) is 17.8 Å². The lowest BCUT2D eigenvalue weighted by molar-refractivity contribution is -0.0462. The number of rotatable bonds is 3. The van der Waals surface area contributed by atoms with Crippen LogP contribution in [0.4, 0.5) is 0 Å². The Balaban J connectivity index is 2.19. The molecule has 0 saturated heterocycles. The smallest absolute Gasteiger partial charge is 0.104 e. The van der Waals surface area contributed by atoms with Gasteiger partial charge in [0.05, 0.1) is 6.61 Å². The van der Waals surface area contributed by atoms with Crippen LogP contribution in [0.15, 0.2) is 0 Å². The Morgan fingerprint density at radius 1 is 1.67 bits per heavy atom. The molecule has 1 unspecified atom stereocenters. The molecule has 0 heterocycles. The van der Waals surface area contributed by atoms with E-state index in [4.69, 9.17) is 11.0 Å². The summed E-state index contributed by atoms with van der Waals surface area (Å²) in [6.07, 6.45) is 3.45. The van der Waals surface area contributed by atoms with Gasteiger partial charge in [0.25, 0.3) is 0 Å². The van der Waals surface area contributed by atoms with Crippen LogP contribution in [-0.2, 0) is 4.84 Å². The molecule has 0 amide bonds. The minimum Gasteiger partial charge on any atom is -0.394 e. The largest absolute Gasteiger partial charge is 0.394 e. The Morgan fingerprint density at radius 3 is 2.44 bits per heavy atom. The molecule has 0 aromatic heterocycles. The van der Waals surface area contributed by atoms with Gasteiger partial charge in [-0.2, -0.15) is 0 Å². The summed E-state index contributed by atoms with van der Waals surface area (Å²) >= 11 is 0. The van der Waals surface area contributed by atoms with E-state index in [1.807, 2.05) is 0 Å². The van der Waals surface area contributed by atoms with Crippen LogP contribution < -0.4 is 5.90 Å². The summed E-state index contributed by atoms with van der Waals surface area (Å²) < 4.78 is 0. The summed E-state index contributed by atoms with van der Waals surface area (Å²) in [7, 11) is 0. The second-order valence-electron chi connectivity index (χ2n) is 2.55. The highest BCUT2D eigenvalue weighted by molar-refractivity contribution is 4.76. The summed E-state index contributed by atoms with van der Waals surface area (Å²) in [5, 5.41) is 8.66. The second-order valence-corrected chi connectivity index (χ2v) is 2.55. The van der Waals surface area contributed by atoms with E-state index in [0.29, 0.717) is 5.92 Å². The fourth-order valence-electron chi connectivity index (χ4n) is 1.11. The normalized spacial score (nSPS) is 23.3. The number of hydrogen-bond donors (Lipinski definition) is 2. The third-order valence-electron chi connectivity index (χ3n) is 2.03. The van der Waals surface area contributed by atoms with Crippen LogP contribution in [0, 0.1) is 5.92 Å². The lowest BCUT2D eigenvalue weighted by atomic mass is 9.81. The Labute approximate surface area is 54.8 Å². The third-order valence-corrected chi connectivity index (χ3v) is 2.03. The lowest BCUT2D eigenvalue weighted by Crippen LogP contribution is -2.34. The average molecular weight is 131 g/mol. The van der Waals surface area contributed by atoms with E-state index in [0.717, 1.165) is 12.8 Å². The summed E-state index contributed by atoms with van der Waals surface area (Å²) in [4.78, 5) is 4.55. The molecule has 9 heavy (non-hydrogen) atoms. The van der Waals surface area contributed by atoms with Crippen LogP contribution in [0.1, 0.15) is 19.3 Å². The first kappa shape index (κ1) is 6.99. The number of nitrogens with two attached hydrogens (primary N) is 1. The van der Waals surface area contributed by atoms with E-state index in [-0.39, 0.29) is 12.7 Å². The standard InChI is InChI=1S/C6H13NO2/c7-9-6(4-8)5-2-1-3-5/h5-6,8H,1-4,7H2. The van der Waals surface area contributed by atoms with Crippen molar-refractivity contribution in [2.75, 3.05) is 6.61 Å². The molecule has 0 aromatic rings. The van der Waals surface area contributed by atoms with E-state index in [1.54, 1.807) is 0 Å². The molecule has 1 saturated carbocycles. The van der Waals surface area contributed by atoms with Crippen LogP contribution in [0.5, 0.6) is 0 Å². The Hall–Kier alpha value is -0.120. The maximum absolute atomic E-state index is 8.66. The van der Waals surface area contributed by atoms with Crippen molar-refractivity contribution < 1.29 is 9.94 Å². The zero-order valence-corrected chi connectivity index (χ0v) is 5.42. The van der Waals surface area contributed by atoms with Crippen LogP contribution >= 0.6 is 0 Å². The van der Waals surface area contributed by atoms with Gasteiger partial charge in [-0.25, -0.2) is 5.90 Å². The molecule has 0 radical (unpaired) electrons. The Bertz CT molecular complexity index is 79.1. The molecule has 0 aliphatic heterocycles. The molecule has 1 atom stereocenters. The van der Waals surface area contributed by atoms with Crippen molar-refractivity contribution in [3.05, 3.63) is 0 Å². The monoisotopic (exact) mass is 131 g/mol. The van der Waals surface area contributed by atoms with Gasteiger partial charge >= 0.3 is 0 Å². The molecule has 3 N–H and O–H groups in total. The van der Waals surface area contributed by atoms with E-state index in [9.17, 15) is 0 Å². The number of aliphatic hydroxyl groups is 1. The molecule has 1 fully saturated rings. The molecule has 3 nitrogen and oxygen atoms in total. The minimum atomic E-state index is -0.112. The van der Waals surface area contributed by atoms with Crippen molar-refractivity contribution in [2.45, 2.75) is 25.4 Å². The molecular formula is C6H13NO2. The SMILES string of the molecule is NOC(CO)C1CCC1. The first-order valence-electron chi connectivity index (χ1n) is 3.35. The second kappa shape index (κ2) is 3.15. The van der Waals surface area contributed by atoms with E-state index in [2.05, 4.69) is 4.84 Å². The van der Waals surface area contributed by atoms with E-state index >= 15 is 0 Å². The maximum Gasteiger partial charge on any atom is 0.104 e. The Morgan fingerprint density at radius 2 is 2.33 bits per heavy atom. The van der Waals surface area contributed by atoms with Crippen LogP contribution in [0.2, 0.25) is 0 Å². The van der Waals surface area contributed by atoms with Gasteiger partial charge in [-0.05, 0) is 18.8 Å². The van der Waals surface area contributed by atoms with Crippen molar-refractivity contribution in [3.63, 3.8) is 0 Å². The first-order chi connectivity index (χ1) is 4.38. The Kier molecular flexibility index (Phi) is 2.45. The number of aliphatic hydroxyl groups excluding tert-OH is 1. The predicted molar refractivity (Wildman–Crippen MR) is 33.5 cm³/mol. The first-order valence-corrected chi connectivity index (χ1v) is 3.35. The lowest BCUT2D eigenvalue weighted by Gasteiger charge is -2.30. The van der Waals surface area contributed by atoms with Gasteiger partial charge in [-0.3, -0.25) is 4.84 Å². The fraction of sp³-hybridized carbons (Fsp3) is 1.00. The quantitative estimate of drug-likeness (QED) is 0.531. The number of hydrogen-bond acceptors (Lipinski definition) is 3. The summed E-state index contributed by atoms with van der Waals surface area (Å²) in [6.45, 7) is 0.0567. The van der Waals surface area contributed by atoms with Crippen molar-refractivity contribution in [1.29, 1.82) is 0 Å². The van der Waals surface area contributed by atoms with Gasteiger partial charge in [0.15, 0.2) is 0 Å². The van der Waals surface area contributed by atoms with E-state index in [1.165, 1.54) is 6.42 Å². The zero-order chi connectivity index (χ0) is 6.69. The molecular weight excluding hydrogens is 118 g/mol. The topological polar surface area (TPSA) is 55.5 Å². The molecule has 0 aromatic carbocycles. The van der Waals surface area contributed by atoms with Gasteiger partial charge in [-0.1, -0.05) is 6.42 Å². The van der Waals surface area contributed by atoms with Gasteiger partial charge in [0, 0.05) is 0 Å². The molecule has 0 bridgehead atoms. The van der Waals surface area contributed by atoms with Crippen molar-refractivity contribution in [2.24, 2.45) is 11.8 Å². The highest BCUT2D eigenvalue weighted by Gasteiger charge is 2.26. The van der Waals surface area contributed by atoms with Crippen molar-refractivity contribution >= 4 is 0 Å². The molecule has 54 valence electrons. The zero-order valence-electron chi connectivity index (χ0n) is 5.42. The highest BCUT2D eigenvalue weighted by atomic mass is 16.6. The van der Waals surface area contributed by atoms with Gasteiger partial charge in [-0.15, -0.1) is 0 Å². The average Bonchev–Trinajstić information content (AvgIpc) is 1.78. The molecule has 0 spiro atoms. The summed E-state index contributed by atoms with van der Waals surface area (Å²) in [6, 6.07) is 0. The maximum atomic E-state index is 8.66. The van der Waals surface area contributed by atoms with Crippen molar-refractivity contribution in [1.82, 2.24) is 0 Å². The molecule has 1 aliphatic rings. The van der Waals surface area contributed by atoms with E-state index < -0.39 is 0 Å². The fourth-order valence-corrected chi connectivity index (χ4v) is 1.11. The highest BCUT2D eigenvalue weighted by Crippen LogP contribution is 2.30.